The third kappa shape index (κ3) is 5.59. The summed E-state index contributed by atoms with van der Waals surface area (Å²) in [6.07, 6.45) is 3.49. The molecule has 0 saturated carbocycles. The minimum Gasteiger partial charge on any atom is -0.286 e. The van der Waals surface area contributed by atoms with Gasteiger partial charge in [0.1, 0.15) is 11.3 Å². The Hall–Kier alpha value is -2.88. The number of hydroxylamine groups is 2. The summed E-state index contributed by atoms with van der Waals surface area (Å²) >= 11 is 0. The van der Waals surface area contributed by atoms with Gasteiger partial charge in [0, 0.05) is 6.07 Å². The van der Waals surface area contributed by atoms with E-state index in [0.29, 0.717) is 22.5 Å². The summed E-state index contributed by atoms with van der Waals surface area (Å²) in [5.74, 6) is -1.40. The van der Waals surface area contributed by atoms with E-state index in [-0.39, 0.29) is 18.9 Å². The van der Waals surface area contributed by atoms with Gasteiger partial charge < -0.3 is 0 Å². The van der Waals surface area contributed by atoms with E-state index in [1.54, 1.807) is 0 Å². The molecule has 0 aliphatic carbocycles. The van der Waals surface area contributed by atoms with Crippen molar-refractivity contribution < 1.29 is 19.2 Å². The number of carbonyl (C=O) groups is 2. The molecule has 9 nitrogen and oxygen atoms in total. The topological polar surface area (TPSA) is 120 Å². The number of carbonyl (C=O) groups excluding carboxylic acids is 2. The fraction of sp³-hybridized carbons (Fsp3) is 0.438. The summed E-state index contributed by atoms with van der Waals surface area (Å²) in [5.41, 5.74) is 5.71. The zero-order valence-corrected chi connectivity index (χ0v) is 14.4. The molecule has 2 rings (SSSR count). The van der Waals surface area contributed by atoms with Crippen LogP contribution >= 0.6 is 0 Å². The Morgan fingerprint density at radius 2 is 2.15 bits per heavy atom. The molecule has 1 atom stereocenters. The molecule has 10 heteroatoms. The first kappa shape index (κ1) is 19.4. The molecular weight excluding hydrogens is 343 g/mol. The molecule has 2 aromatic rings. The molecule has 0 saturated heterocycles. The Bertz CT molecular complexity index is 760. The zero-order valence-electron chi connectivity index (χ0n) is 14.4. The summed E-state index contributed by atoms with van der Waals surface area (Å²) < 4.78 is 13.1. The number of aromatic nitrogens is 3. The van der Waals surface area contributed by atoms with Crippen molar-refractivity contribution in [3.05, 3.63) is 24.0 Å². The molecule has 3 N–H and O–H groups in total. The van der Waals surface area contributed by atoms with Crippen LogP contribution < -0.4 is 10.9 Å². The van der Waals surface area contributed by atoms with Gasteiger partial charge in [-0.1, -0.05) is 26.2 Å². The number of unbranched alkanes of at least 4 members (excludes halogenated alkanes) is 2. The van der Waals surface area contributed by atoms with Crippen molar-refractivity contribution in [1.82, 2.24) is 25.7 Å². The van der Waals surface area contributed by atoms with Gasteiger partial charge in [0.2, 0.25) is 12.3 Å². The molecule has 140 valence electrons. The number of fused-ring (bicyclic) bond motifs is 1. The van der Waals surface area contributed by atoms with E-state index < -0.39 is 17.6 Å². The summed E-state index contributed by atoms with van der Waals surface area (Å²) in [7, 11) is 0. The van der Waals surface area contributed by atoms with Crippen LogP contribution in [0.5, 0.6) is 0 Å². The molecular formula is C16H21FN6O3. The van der Waals surface area contributed by atoms with Gasteiger partial charge in [0.05, 0.1) is 18.0 Å². The molecule has 1 unspecified atom stereocenters. The number of hydrogen-bond donors (Lipinski definition) is 3. The van der Waals surface area contributed by atoms with Gasteiger partial charge >= 0.3 is 0 Å². The van der Waals surface area contributed by atoms with Crippen LogP contribution in [0.25, 0.3) is 11.0 Å². The van der Waals surface area contributed by atoms with Crippen LogP contribution in [0.1, 0.15) is 32.6 Å². The predicted molar refractivity (Wildman–Crippen MR) is 91.2 cm³/mol. The third-order valence-corrected chi connectivity index (χ3v) is 3.77. The number of hydrazine groups is 1. The highest BCUT2D eigenvalue weighted by molar-refractivity contribution is 5.80. The quantitative estimate of drug-likeness (QED) is 0.254. The van der Waals surface area contributed by atoms with Crippen LogP contribution in [0, 0.1) is 11.7 Å². The maximum absolute atomic E-state index is 13.1. The minimum absolute atomic E-state index is 0.0426. The predicted octanol–water partition coefficient (Wildman–Crippen LogP) is 1.65. The van der Waals surface area contributed by atoms with Crippen LogP contribution in [-0.2, 0) is 9.59 Å². The van der Waals surface area contributed by atoms with Crippen molar-refractivity contribution >= 4 is 29.3 Å². The molecule has 0 bridgehead atoms. The maximum Gasteiger partial charge on any atom is 0.262 e. The molecule has 0 aliphatic rings. The molecule has 0 radical (unpaired) electrons. The normalized spacial score (nSPS) is 11.8. The standard InChI is InChI=1S/C16H21FN6O3/c1-2-3-4-5-11(9-23(26)10-24)15(25)20-22-16-18-13-7-6-12(17)8-14(13)19-21-16/h6-8,10-11,26H,2-5,9H2,1H3,(H,20,25)(H,18,21,22). The molecule has 1 aromatic heterocycles. The zero-order chi connectivity index (χ0) is 18.9. The van der Waals surface area contributed by atoms with Gasteiger partial charge in [-0.3, -0.25) is 25.6 Å². The van der Waals surface area contributed by atoms with E-state index in [2.05, 4.69) is 26.0 Å². The second-order valence-corrected chi connectivity index (χ2v) is 5.80. The number of nitrogens with zero attached hydrogens (tertiary/aromatic N) is 4. The van der Waals surface area contributed by atoms with Crippen molar-refractivity contribution in [3.8, 4) is 0 Å². The van der Waals surface area contributed by atoms with Crippen molar-refractivity contribution in [2.24, 2.45) is 5.92 Å². The van der Waals surface area contributed by atoms with E-state index in [0.717, 1.165) is 19.3 Å². The van der Waals surface area contributed by atoms with Crippen LogP contribution in [0.4, 0.5) is 10.3 Å². The highest BCUT2D eigenvalue weighted by Gasteiger charge is 2.20. The van der Waals surface area contributed by atoms with Gasteiger partial charge in [-0.25, -0.2) is 14.4 Å². The highest BCUT2D eigenvalue weighted by Crippen LogP contribution is 2.13. The number of amides is 2. The second kappa shape index (κ2) is 9.56. The molecule has 2 amide bonds. The number of benzene rings is 1. The van der Waals surface area contributed by atoms with E-state index >= 15 is 0 Å². The first-order valence-electron chi connectivity index (χ1n) is 8.30. The van der Waals surface area contributed by atoms with Gasteiger partial charge in [-0.15, -0.1) is 10.2 Å². The summed E-state index contributed by atoms with van der Waals surface area (Å²) in [6.45, 7) is 1.92. The molecule has 0 aliphatic heterocycles. The maximum atomic E-state index is 13.1. The Labute approximate surface area is 149 Å². The monoisotopic (exact) mass is 364 g/mol. The summed E-state index contributed by atoms with van der Waals surface area (Å²) in [5, 5.41) is 17.4. The number of anilines is 1. The van der Waals surface area contributed by atoms with E-state index in [4.69, 9.17) is 0 Å². The van der Waals surface area contributed by atoms with Crippen LogP contribution in [0.15, 0.2) is 18.2 Å². The van der Waals surface area contributed by atoms with Gasteiger partial charge in [-0.05, 0) is 18.6 Å². The van der Waals surface area contributed by atoms with Crippen molar-refractivity contribution in [1.29, 1.82) is 0 Å². The Morgan fingerprint density at radius 3 is 2.88 bits per heavy atom. The van der Waals surface area contributed by atoms with Crippen LogP contribution in [-0.4, -0.2) is 44.3 Å². The lowest BCUT2D eigenvalue weighted by Gasteiger charge is -2.19. The Kier molecular flexibility index (Phi) is 7.15. The minimum atomic E-state index is -0.591. The lowest BCUT2D eigenvalue weighted by Crippen LogP contribution is -2.40. The van der Waals surface area contributed by atoms with Crippen LogP contribution in [0.2, 0.25) is 0 Å². The summed E-state index contributed by atoms with van der Waals surface area (Å²) in [4.78, 5) is 27.0. The van der Waals surface area contributed by atoms with E-state index in [1.165, 1.54) is 18.2 Å². The summed E-state index contributed by atoms with van der Waals surface area (Å²) in [6, 6.07) is 3.91. The van der Waals surface area contributed by atoms with E-state index in [1.807, 2.05) is 6.92 Å². The SMILES string of the molecule is CCCCCC(CN(O)C=O)C(=O)NNc1nnc2cc(F)ccc2n1. The Balaban J connectivity index is 1.98. The third-order valence-electron chi connectivity index (χ3n) is 3.77. The van der Waals surface area contributed by atoms with Gasteiger partial charge in [0.15, 0.2) is 0 Å². The average Bonchev–Trinajstić information content (AvgIpc) is 2.65. The fourth-order valence-corrected chi connectivity index (χ4v) is 2.40. The largest absolute Gasteiger partial charge is 0.286 e. The molecule has 1 aromatic carbocycles. The first-order chi connectivity index (χ1) is 12.5. The van der Waals surface area contributed by atoms with Gasteiger partial charge in [-0.2, -0.15) is 0 Å². The number of halogens is 1. The lowest BCUT2D eigenvalue weighted by atomic mass is 10.0. The first-order valence-corrected chi connectivity index (χ1v) is 8.30. The van der Waals surface area contributed by atoms with Gasteiger partial charge in [0.25, 0.3) is 5.95 Å². The number of nitrogens with one attached hydrogen (secondary N) is 2. The fourth-order valence-electron chi connectivity index (χ4n) is 2.40. The molecule has 0 fully saturated rings. The molecule has 26 heavy (non-hydrogen) atoms. The highest BCUT2D eigenvalue weighted by atomic mass is 19.1. The van der Waals surface area contributed by atoms with Crippen molar-refractivity contribution in [3.63, 3.8) is 0 Å². The van der Waals surface area contributed by atoms with Crippen LogP contribution in [0.3, 0.4) is 0 Å². The average molecular weight is 364 g/mol. The molecule has 1 heterocycles. The lowest BCUT2D eigenvalue weighted by molar-refractivity contribution is -0.154. The second-order valence-electron chi connectivity index (χ2n) is 5.80. The van der Waals surface area contributed by atoms with Crippen molar-refractivity contribution in [2.45, 2.75) is 32.6 Å². The van der Waals surface area contributed by atoms with E-state index in [9.17, 15) is 19.2 Å². The Morgan fingerprint density at radius 1 is 1.35 bits per heavy atom. The van der Waals surface area contributed by atoms with Crippen molar-refractivity contribution in [2.75, 3.05) is 12.0 Å². The number of rotatable bonds is 10. The number of hydrogen-bond acceptors (Lipinski definition) is 7. The molecule has 0 spiro atoms. The smallest absolute Gasteiger partial charge is 0.262 e.